The highest BCUT2D eigenvalue weighted by Gasteiger charge is 2.80. The number of anilines is 2. The smallest absolute Gasteiger partial charge is 0.353 e. The lowest BCUT2D eigenvalue weighted by atomic mass is 9.43. The Labute approximate surface area is 503 Å². The van der Waals surface area contributed by atoms with Crippen molar-refractivity contribution >= 4 is 81.6 Å². The van der Waals surface area contributed by atoms with E-state index in [0.29, 0.717) is 46.9 Å². The van der Waals surface area contributed by atoms with Crippen LogP contribution in [-0.2, 0) is 19.2 Å². The normalized spacial score (nSPS) is 29.6. The van der Waals surface area contributed by atoms with Gasteiger partial charge in [-0.15, -0.1) is 22.7 Å². The molecule has 15 rings (SSSR count). The molecule has 4 aromatic carbocycles. The van der Waals surface area contributed by atoms with Crippen LogP contribution in [0.5, 0.6) is 23.0 Å². The second kappa shape index (κ2) is 21.9. The summed E-state index contributed by atoms with van der Waals surface area (Å²) in [6.45, 7) is 0. The average Bonchev–Trinajstić information content (AvgIpc) is 0.757. The zero-order chi connectivity index (χ0) is 59.9. The average molecular weight is 1200 g/mol. The van der Waals surface area contributed by atoms with Crippen LogP contribution in [0, 0.1) is 46.3 Å². The van der Waals surface area contributed by atoms with E-state index in [-0.39, 0.29) is 66.8 Å². The first-order valence-electron chi connectivity index (χ1n) is 29.2. The highest BCUT2D eigenvalue weighted by Crippen LogP contribution is 2.65. The van der Waals surface area contributed by atoms with Gasteiger partial charge in [0.25, 0.3) is 11.8 Å². The molecule has 86 heavy (non-hydrogen) atoms. The zero-order valence-electron chi connectivity index (χ0n) is 47.3. The number of thiophene rings is 2. The van der Waals surface area contributed by atoms with Gasteiger partial charge in [0.05, 0.1) is 36.9 Å². The summed E-state index contributed by atoms with van der Waals surface area (Å²) < 4.78 is 23.0. The lowest BCUT2D eigenvalue weighted by molar-refractivity contribution is -0.171. The highest BCUT2D eigenvalue weighted by atomic mass is 32.1. The second-order valence-electron chi connectivity index (χ2n) is 25.1. The summed E-state index contributed by atoms with van der Waals surface area (Å²) in [5, 5.41) is 39.2. The number of carboxylic acid groups (broad SMARTS) is 2. The van der Waals surface area contributed by atoms with Crippen molar-refractivity contribution in [2.24, 2.45) is 46.3 Å². The summed E-state index contributed by atoms with van der Waals surface area (Å²) in [5.41, 5.74) is -5.76. The molecule has 20 heteroatoms. The lowest BCUT2D eigenvalue weighted by Crippen LogP contribution is -2.86. The molecule has 0 spiro atoms. The van der Waals surface area contributed by atoms with E-state index in [9.17, 15) is 39.0 Å². The van der Waals surface area contributed by atoms with Crippen molar-refractivity contribution in [2.45, 2.75) is 100.0 Å². The summed E-state index contributed by atoms with van der Waals surface area (Å²) in [6, 6.07) is 26.3. The maximum Gasteiger partial charge on any atom is 0.353 e. The Morgan fingerprint density at radius 2 is 0.791 bits per heavy atom. The van der Waals surface area contributed by atoms with Gasteiger partial charge in [0, 0.05) is 22.5 Å². The number of hydrogen-bond donors (Lipinski definition) is 6. The molecular weight excluding hydrogens is 1140 g/mol. The number of carbonyl (C=O) groups excluding carboxylic acids is 6. The largest absolute Gasteiger partial charge is 0.493 e. The first-order valence-corrected chi connectivity index (χ1v) is 31.0. The summed E-state index contributed by atoms with van der Waals surface area (Å²) in [5.74, 6) is -8.13. The number of esters is 2. The zero-order valence-corrected chi connectivity index (χ0v) is 48.9. The van der Waals surface area contributed by atoms with E-state index >= 15 is 9.59 Å². The van der Waals surface area contributed by atoms with Crippen molar-refractivity contribution in [2.75, 3.05) is 24.9 Å². The molecule has 2 aromatic heterocycles. The minimum Gasteiger partial charge on any atom is -0.493 e. The quantitative estimate of drug-likeness (QED) is 0.0345. The van der Waals surface area contributed by atoms with E-state index in [2.05, 4.69) is 21.3 Å². The van der Waals surface area contributed by atoms with Crippen LogP contribution in [0.4, 0.5) is 11.4 Å². The van der Waals surface area contributed by atoms with Gasteiger partial charge in [0.15, 0.2) is 34.1 Å². The van der Waals surface area contributed by atoms with Crippen LogP contribution in [0.2, 0.25) is 0 Å². The molecule has 0 atom stereocenters. The van der Waals surface area contributed by atoms with Crippen molar-refractivity contribution in [1.29, 1.82) is 0 Å². The number of carbonyl (C=O) groups is 8. The Balaban J connectivity index is 0.885. The van der Waals surface area contributed by atoms with Crippen molar-refractivity contribution in [3.63, 3.8) is 0 Å². The van der Waals surface area contributed by atoms with Gasteiger partial charge in [-0.05, 0) is 219 Å². The van der Waals surface area contributed by atoms with Crippen molar-refractivity contribution < 1.29 is 67.5 Å². The van der Waals surface area contributed by atoms with E-state index in [0.717, 1.165) is 99.7 Å². The number of carboxylic acids is 2. The van der Waals surface area contributed by atoms with Crippen LogP contribution in [-0.4, -0.2) is 83.0 Å². The highest BCUT2D eigenvalue weighted by molar-refractivity contribution is 7.12. The van der Waals surface area contributed by atoms with Crippen LogP contribution in [0.1, 0.15) is 140 Å². The van der Waals surface area contributed by atoms with E-state index in [4.69, 9.17) is 18.9 Å². The van der Waals surface area contributed by atoms with Crippen molar-refractivity contribution in [3.8, 4) is 23.0 Å². The first kappa shape index (κ1) is 56.8. The molecule has 4 amide bonds. The summed E-state index contributed by atoms with van der Waals surface area (Å²) in [4.78, 5) is 115. The molecule has 0 radical (unpaired) electrons. The van der Waals surface area contributed by atoms with Crippen LogP contribution in [0.25, 0.3) is 0 Å². The number of aliphatic carboxylic acids is 2. The molecule has 2 heterocycles. The van der Waals surface area contributed by atoms with Crippen molar-refractivity contribution in [3.05, 3.63) is 152 Å². The van der Waals surface area contributed by atoms with Gasteiger partial charge < -0.3 is 50.4 Å². The summed E-state index contributed by atoms with van der Waals surface area (Å²) >= 11 is 2.26. The molecule has 9 aliphatic rings. The second-order valence-corrected chi connectivity index (χ2v) is 27.0. The van der Waals surface area contributed by atoms with E-state index in [1.807, 2.05) is 0 Å². The third-order valence-corrected chi connectivity index (χ3v) is 21.6. The predicted molar refractivity (Wildman–Crippen MR) is 317 cm³/mol. The van der Waals surface area contributed by atoms with Crippen LogP contribution in [0.15, 0.2) is 120 Å². The maximum atomic E-state index is 15.1. The van der Waals surface area contributed by atoms with Crippen molar-refractivity contribution in [1.82, 2.24) is 10.6 Å². The summed E-state index contributed by atoms with van der Waals surface area (Å²) in [7, 11) is 2.54. The third kappa shape index (κ3) is 9.77. The molecule has 0 aliphatic heterocycles. The molecule has 9 saturated carbocycles. The topological polar surface area (TPSA) is 262 Å². The van der Waals surface area contributed by atoms with Gasteiger partial charge in [-0.1, -0.05) is 24.3 Å². The molecule has 9 fully saturated rings. The van der Waals surface area contributed by atoms with Crippen LogP contribution >= 0.6 is 22.7 Å². The molecule has 9 aliphatic carbocycles. The number of amides is 4. The Morgan fingerprint density at radius 3 is 1.08 bits per heavy atom. The monoisotopic (exact) mass is 1200 g/mol. The fraction of sp³-hybridized carbons (Fsp3) is 0.394. The molecule has 18 nitrogen and oxygen atoms in total. The molecule has 444 valence electrons. The fourth-order valence-corrected chi connectivity index (χ4v) is 18.3. The predicted octanol–water partition coefficient (Wildman–Crippen LogP) is 11.0. The van der Waals surface area contributed by atoms with Gasteiger partial charge in [-0.2, -0.15) is 0 Å². The molecule has 6 aromatic rings. The van der Waals surface area contributed by atoms with Gasteiger partial charge in [0.1, 0.15) is 9.75 Å². The van der Waals surface area contributed by atoms with E-state index in [1.54, 1.807) is 59.3 Å². The molecule has 6 N–H and O–H groups in total. The first-order chi connectivity index (χ1) is 41.4. The van der Waals surface area contributed by atoms with E-state index < -0.39 is 69.4 Å². The Morgan fingerprint density at radius 1 is 0.453 bits per heavy atom. The van der Waals surface area contributed by atoms with E-state index in [1.165, 1.54) is 74.9 Å². The number of nitrogens with one attached hydrogen (secondary N) is 4. The fourth-order valence-electron chi connectivity index (χ4n) is 17.1. The minimum absolute atomic E-state index is 0.0509. The standard InChI is InChI=1S/C66H64N4O14S2/c1-81-49-27-43(11-17-47(49)83-57(73)51-5-3-19-85-51)53-65(61(77)78,69-55(71)41-7-13-45(14-8-41)67-59(75)63-29-35-21-36(30-63)23-37(22-35)31-63)54(44-12-18-48(50(28-44)82-2)84-58(74)52-6-4-20-86-52)66(53,62(79)80)70-56(72)42-9-15-46(16-10-42)68-60(76)64-32-38-24-39(33-64)26-40(25-38)34-64/h3-20,27-28,35-40,53-54H,21-26,29-34H2,1-2H3,(H,67,75)(H,68,76)(H,69,71)(H,70,72)(H,77,78)(H,79,80). The Kier molecular flexibility index (Phi) is 14.4. The van der Waals surface area contributed by atoms with Gasteiger partial charge in [-0.25, -0.2) is 19.2 Å². The van der Waals surface area contributed by atoms with Crippen LogP contribution < -0.4 is 40.2 Å². The number of rotatable bonds is 18. The third-order valence-electron chi connectivity index (χ3n) is 19.9. The van der Waals surface area contributed by atoms with Gasteiger partial charge in [-0.3, -0.25) is 19.2 Å². The van der Waals surface area contributed by atoms with Gasteiger partial charge >= 0.3 is 23.9 Å². The SMILES string of the molecule is COc1cc(C2C(NC(=O)c3ccc(NC(=O)C45CC6CC(CC(C6)C4)C5)cc3)(C(=O)O)C(c3ccc(OC(=O)c4cccs4)c(OC)c3)C2(NC(=O)c2ccc(NC(=O)C34CC5CC(CC(C5)C3)C4)cc2)C(=O)O)ccc1OC(=O)c1cccs1. The molecular formula is C66H64N4O14S2. The lowest BCUT2D eigenvalue weighted by Gasteiger charge is -2.64. The number of benzene rings is 4. The van der Waals surface area contributed by atoms with Crippen LogP contribution in [0.3, 0.4) is 0 Å². The number of methoxy groups -OCH3 is 2. The minimum atomic E-state index is -2.71. The molecule has 8 bridgehead atoms. The van der Waals surface area contributed by atoms with Gasteiger partial charge in [0.2, 0.25) is 11.8 Å². The molecule has 0 unspecified atom stereocenters. The Hall–Kier alpha value is -8.36. The number of hydrogen-bond acceptors (Lipinski definition) is 14. The molecule has 0 saturated heterocycles. The number of ether oxygens (including phenoxy) is 4. The maximum absolute atomic E-state index is 15.1. The summed E-state index contributed by atoms with van der Waals surface area (Å²) in [6.07, 6.45) is 11.9. The Bertz CT molecular complexity index is 3390.